The summed E-state index contributed by atoms with van der Waals surface area (Å²) in [5, 5.41) is 3.54. The average molecular weight is 281 g/mol. The maximum Gasteiger partial charge on any atom is 0.123 e. The van der Waals surface area contributed by atoms with Gasteiger partial charge in [0.1, 0.15) is 5.75 Å². The molecule has 1 unspecified atom stereocenters. The molecule has 0 saturated carbocycles. The minimum Gasteiger partial charge on any atom is -0.494 e. The maximum absolute atomic E-state index is 5.72. The number of thioether (sulfide) groups is 1. The first-order valence-electron chi connectivity index (χ1n) is 7.29. The molecule has 0 spiro atoms. The molecule has 2 nitrogen and oxygen atoms in total. The second kappa shape index (κ2) is 9.27. The van der Waals surface area contributed by atoms with Gasteiger partial charge in [-0.3, -0.25) is 0 Å². The van der Waals surface area contributed by atoms with Crippen LogP contribution in [0, 0.1) is 0 Å². The van der Waals surface area contributed by atoms with Crippen LogP contribution < -0.4 is 10.1 Å². The SMILES string of the molecule is CCCNC(C)c1ccc(OCC)c(CSCC)c1. The van der Waals surface area contributed by atoms with Crippen molar-refractivity contribution in [3.8, 4) is 5.75 Å². The van der Waals surface area contributed by atoms with Gasteiger partial charge >= 0.3 is 0 Å². The van der Waals surface area contributed by atoms with Crippen LogP contribution in [0.5, 0.6) is 5.75 Å². The Kier molecular flexibility index (Phi) is 7.99. The molecule has 0 aromatic heterocycles. The third kappa shape index (κ3) is 5.45. The van der Waals surface area contributed by atoms with Crippen LogP contribution in [0.3, 0.4) is 0 Å². The highest BCUT2D eigenvalue weighted by Gasteiger charge is 2.09. The van der Waals surface area contributed by atoms with Crippen molar-refractivity contribution in [1.29, 1.82) is 0 Å². The van der Waals surface area contributed by atoms with E-state index in [1.54, 1.807) is 0 Å². The van der Waals surface area contributed by atoms with Crippen LogP contribution in [-0.2, 0) is 5.75 Å². The van der Waals surface area contributed by atoms with Crippen molar-refractivity contribution < 1.29 is 4.74 Å². The standard InChI is InChI=1S/C16H27NOS/c1-5-10-17-13(4)14-8-9-16(18-6-2)15(11-14)12-19-7-3/h8-9,11,13,17H,5-7,10,12H2,1-4H3. The Morgan fingerprint density at radius 2 is 2.05 bits per heavy atom. The van der Waals surface area contributed by atoms with E-state index in [2.05, 4.69) is 44.3 Å². The molecule has 1 rings (SSSR count). The van der Waals surface area contributed by atoms with Crippen LogP contribution in [0.25, 0.3) is 0 Å². The van der Waals surface area contributed by atoms with Crippen molar-refractivity contribution in [3.63, 3.8) is 0 Å². The van der Waals surface area contributed by atoms with Crippen LogP contribution in [-0.4, -0.2) is 18.9 Å². The van der Waals surface area contributed by atoms with Crippen molar-refractivity contribution >= 4 is 11.8 Å². The minimum atomic E-state index is 0.404. The predicted molar refractivity (Wildman–Crippen MR) is 86.2 cm³/mol. The van der Waals surface area contributed by atoms with E-state index < -0.39 is 0 Å². The lowest BCUT2D eigenvalue weighted by molar-refractivity contribution is 0.337. The minimum absolute atomic E-state index is 0.404. The average Bonchev–Trinajstić information content (AvgIpc) is 2.43. The molecule has 0 aliphatic heterocycles. The summed E-state index contributed by atoms with van der Waals surface area (Å²) < 4.78 is 5.72. The Morgan fingerprint density at radius 3 is 2.68 bits per heavy atom. The molecule has 1 aromatic rings. The molecule has 0 aliphatic rings. The smallest absolute Gasteiger partial charge is 0.123 e. The molecule has 19 heavy (non-hydrogen) atoms. The number of hydrogen-bond donors (Lipinski definition) is 1. The summed E-state index contributed by atoms with van der Waals surface area (Å²) >= 11 is 1.94. The fraction of sp³-hybridized carbons (Fsp3) is 0.625. The van der Waals surface area contributed by atoms with E-state index in [0.29, 0.717) is 6.04 Å². The van der Waals surface area contributed by atoms with E-state index in [9.17, 15) is 0 Å². The first-order valence-corrected chi connectivity index (χ1v) is 8.45. The van der Waals surface area contributed by atoms with Crippen LogP contribution in [0.15, 0.2) is 18.2 Å². The number of rotatable bonds is 9. The van der Waals surface area contributed by atoms with Crippen LogP contribution in [0.4, 0.5) is 0 Å². The number of nitrogens with one attached hydrogen (secondary N) is 1. The Morgan fingerprint density at radius 1 is 1.26 bits per heavy atom. The second-order valence-electron chi connectivity index (χ2n) is 4.61. The molecule has 0 amide bonds. The second-order valence-corrected chi connectivity index (χ2v) is 5.89. The molecule has 0 saturated heterocycles. The van der Waals surface area contributed by atoms with Gasteiger partial charge in [0.25, 0.3) is 0 Å². The number of ether oxygens (including phenoxy) is 1. The summed E-state index contributed by atoms with van der Waals surface area (Å²) in [6, 6.07) is 6.99. The Hall–Kier alpha value is -0.670. The van der Waals surface area contributed by atoms with Crippen molar-refractivity contribution in [2.45, 2.75) is 45.9 Å². The molecule has 0 heterocycles. The van der Waals surface area contributed by atoms with Gasteiger partial charge in [0.15, 0.2) is 0 Å². The van der Waals surface area contributed by atoms with E-state index in [1.165, 1.54) is 17.5 Å². The van der Waals surface area contributed by atoms with E-state index in [1.807, 2.05) is 18.7 Å². The van der Waals surface area contributed by atoms with Gasteiger partial charge in [-0.05, 0) is 50.3 Å². The van der Waals surface area contributed by atoms with Gasteiger partial charge in [-0.1, -0.05) is 19.9 Å². The summed E-state index contributed by atoms with van der Waals surface area (Å²) in [6.07, 6.45) is 1.17. The molecule has 0 fully saturated rings. The molecule has 1 atom stereocenters. The Balaban J connectivity index is 2.83. The molecular formula is C16H27NOS. The molecule has 0 radical (unpaired) electrons. The number of benzene rings is 1. The quantitative estimate of drug-likeness (QED) is 0.725. The van der Waals surface area contributed by atoms with Gasteiger partial charge in [0.2, 0.25) is 0 Å². The van der Waals surface area contributed by atoms with Gasteiger partial charge in [0.05, 0.1) is 6.61 Å². The topological polar surface area (TPSA) is 21.3 Å². The normalized spacial score (nSPS) is 12.4. The molecule has 0 bridgehead atoms. The molecule has 1 N–H and O–H groups in total. The van der Waals surface area contributed by atoms with Gasteiger partial charge < -0.3 is 10.1 Å². The summed E-state index contributed by atoms with van der Waals surface area (Å²) in [7, 11) is 0. The van der Waals surface area contributed by atoms with Crippen molar-refractivity contribution in [1.82, 2.24) is 5.32 Å². The summed E-state index contributed by atoms with van der Waals surface area (Å²) in [5.74, 6) is 3.20. The Bertz CT molecular complexity index is 368. The monoisotopic (exact) mass is 281 g/mol. The van der Waals surface area contributed by atoms with Crippen LogP contribution in [0.2, 0.25) is 0 Å². The lowest BCUT2D eigenvalue weighted by atomic mass is 10.0. The van der Waals surface area contributed by atoms with E-state index in [-0.39, 0.29) is 0 Å². The molecule has 0 aliphatic carbocycles. The highest BCUT2D eigenvalue weighted by atomic mass is 32.2. The first kappa shape index (κ1) is 16.4. The van der Waals surface area contributed by atoms with Gasteiger partial charge in [-0.25, -0.2) is 0 Å². The zero-order chi connectivity index (χ0) is 14.1. The fourth-order valence-corrected chi connectivity index (χ4v) is 2.62. The number of hydrogen-bond acceptors (Lipinski definition) is 3. The van der Waals surface area contributed by atoms with E-state index in [0.717, 1.165) is 30.4 Å². The van der Waals surface area contributed by atoms with Crippen molar-refractivity contribution in [2.24, 2.45) is 0 Å². The third-order valence-corrected chi connectivity index (χ3v) is 3.97. The van der Waals surface area contributed by atoms with Gasteiger partial charge in [0, 0.05) is 17.4 Å². The van der Waals surface area contributed by atoms with Crippen LogP contribution in [0.1, 0.15) is 51.3 Å². The summed E-state index contributed by atoms with van der Waals surface area (Å²) in [4.78, 5) is 0. The van der Waals surface area contributed by atoms with Crippen molar-refractivity contribution in [3.05, 3.63) is 29.3 Å². The zero-order valence-corrected chi connectivity index (χ0v) is 13.5. The fourth-order valence-electron chi connectivity index (χ4n) is 1.97. The molecule has 108 valence electrons. The molecule has 3 heteroatoms. The predicted octanol–water partition coefficient (Wildman–Crippen LogP) is 4.40. The van der Waals surface area contributed by atoms with Crippen molar-refractivity contribution in [2.75, 3.05) is 18.9 Å². The highest BCUT2D eigenvalue weighted by molar-refractivity contribution is 7.98. The van der Waals surface area contributed by atoms with E-state index >= 15 is 0 Å². The van der Waals surface area contributed by atoms with Gasteiger partial charge in [-0.2, -0.15) is 11.8 Å². The summed E-state index contributed by atoms with van der Waals surface area (Å²) in [5.41, 5.74) is 2.67. The zero-order valence-electron chi connectivity index (χ0n) is 12.7. The Labute approximate surface area is 122 Å². The maximum atomic E-state index is 5.72. The molecule has 1 aromatic carbocycles. The van der Waals surface area contributed by atoms with E-state index in [4.69, 9.17) is 4.74 Å². The molecular weight excluding hydrogens is 254 g/mol. The van der Waals surface area contributed by atoms with Gasteiger partial charge in [-0.15, -0.1) is 0 Å². The lowest BCUT2D eigenvalue weighted by Crippen LogP contribution is -2.19. The summed E-state index contributed by atoms with van der Waals surface area (Å²) in [6.45, 7) is 10.4. The highest BCUT2D eigenvalue weighted by Crippen LogP contribution is 2.27. The van der Waals surface area contributed by atoms with Crippen LogP contribution >= 0.6 is 11.8 Å². The lowest BCUT2D eigenvalue weighted by Gasteiger charge is -2.17. The third-order valence-electron chi connectivity index (χ3n) is 3.05. The largest absolute Gasteiger partial charge is 0.494 e. The first-order chi connectivity index (χ1) is 9.22.